The second kappa shape index (κ2) is 25.7. The highest BCUT2D eigenvalue weighted by atomic mass is 15.2. The Hall–Kier alpha value is -16.2. The molecule has 18 aromatic carbocycles. The summed E-state index contributed by atoms with van der Waals surface area (Å²) in [6.45, 7) is 0. The highest BCUT2D eigenvalue weighted by Crippen LogP contribution is 2.58. The van der Waals surface area contributed by atoms with Crippen molar-refractivity contribution in [3.63, 3.8) is 0 Å². The molecule has 8 nitrogen and oxygen atoms in total. The lowest BCUT2D eigenvalue weighted by Crippen LogP contribution is -2.26. The van der Waals surface area contributed by atoms with Gasteiger partial charge in [-0.15, -0.1) is 0 Å². The van der Waals surface area contributed by atoms with Gasteiger partial charge in [0.1, 0.15) is 0 Å². The molecule has 1 aliphatic carbocycles. The molecule has 8 heteroatoms. The maximum Gasteiger partial charge on any atom is 0.0856 e. The molecule has 0 fully saturated rings. The van der Waals surface area contributed by atoms with Crippen molar-refractivity contribution < 1.29 is 0 Å². The molecule has 0 radical (unpaired) electrons. The van der Waals surface area contributed by atoms with Crippen molar-refractivity contribution >= 4 is 159 Å². The van der Waals surface area contributed by atoms with Gasteiger partial charge in [0.05, 0.1) is 83.5 Å². The second-order valence-corrected chi connectivity index (χ2v) is 33.0. The molecule has 2 atom stereocenters. The maximum absolute atomic E-state index is 2.63. The largest absolute Gasteiger partial charge is 0.331 e. The van der Waals surface area contributed by atoms with Crippen LogP contribution in [0.4, 0.5) is 11.4 Å². The van der Waals surface area contributed by atoms with Crippen molar-refractivity contribution in [2.24, 2.45) is 0 Å². The number of para-hydroxylation sites is 12. The van der Waals surface area contributed by atoms with Crippen LogP contribution in [0.1, 0.15) is 28.8 Å². The summed E-state index contributed by atoms with van der Waals surface area (Å²) in [5, 5.41) is 15.6. The van der Waals surface area contributed by atoms with Gasteiger partial charge in [-0.25, -0.2) is 0 Å². The molecule has 25 aromatic rings. The first-order valence-corrected chi connectivity index (χ1v) is 42.3. The summed E-state index contributed by atoms with van der Waals surface area (Å²) < 4.78 is 17.9. The van der Waals surface area contributed by atoms with E-state index >= 15 is 0 Å². The first-order valence-electron chi connectivity index (χ1n) is 42.3. The van der Waals surface area contributed by atoms with Gasteiger partial charge >= 0.3 is 0 Å². The van der Waals surface area contributed by atoms with Crippen molar-refractivity contribution in [2.45, 2.75) is 12.0 Å². The number of hydrogen-bond donors (Lipinski definition) is 0. The van der Waals surface area contributed by atoms with Crippen LogP contribution >= 0.6 is 0 Å². The molecule has 0 saturated carbocycles. The van der Waals surface area contributed by atoms with E-state index in [1.807, 2.05) is 0 Å². The fraction of sp³-hybridized carbons (Fsp3) is 0.0175. The average molecular weight is 1550 g/mol. The van der Waals surface area contributed by atoms with E-state index < -0.39 is 0 Å². The Morgan fingerprint density at radius 1 is 0.180 bits per heavy atom. The van der Waals surface area contributed by atoms with E-state index in [0.717, 1.165) is 134 Å². The number of hydrogen-bond acceptors (Lipinski definition) is 1. The summed E-state index contributed by atoms with van der Waals surface area (Å²) in [5.41, 5.74) is 33.1. The Labute approximate surface area is 700 Å². The predicted octanol–water partition coefficient (Wildman–Crippen LogP) is 29.6. The molecule has 0 bridgehead atoms. The molecule has 568 valence electrons. The third kappa shape index (κ3) is 9.40. The van der Waals surface area contributed by atoms with Gasteiger partial charge in [-0.05, 0) is 161 Å². The standard InChI is InChI=1S/C114H72N8/c1-5-29-75(30-6-1)115-99-45-21-13-37-83(99)91-57-61-95-87-41-17-25-49-103(87)119(111(95)107(91)115)79-65-73(66-80(69-79)120-104-50-26-18-42-88(104)96-62-58-92-84-38-14-22-46-100(84)116(108(92)112(96)120)76-31-7-2-8-32-76)71-53-55-72(56-54-71)74-67-81(121-105-51-27-19-43-89(105)97-63-59-93-85-39-15-23-47-101(85)117(109(93)113(97)121)77-33-9-3-10-34-77)70-82(68-74)122-106-52-28-20-44-90(106)98-64-60-94-86-40-16-24-48-102(86)118(110(94)114(98)122)78-35-11-4-12-36-78/h1-70,91,107H. The Balaban J connectivity index is 0.736. The SMILES string of the molecule is C1=CC2c3ccccc3N(c3ccccc3)C2c2c1c1ccccc1n2-c1cc(-c2ccc(-c3cc(-n4c5ccccc5c5ccc6c7ccccc7n(-c7ccccc7)c6c54)cc(-n4c5ccccc5c5ccc6c7ccccc7n(-c7ccccc7)c6c54)c3)cc2)cc(-n2c3ccccc3c3ccc4c5ccccc5n(-c5ccccc5)c4c32)c1. The smallest absolute Gasteiger partial charge is 0.0856 e. The quantitative estimate of drug-likeness (QED) is 0.134. The second-order valence-electron chi connectivity index (χ2n) is 33.0. The maximum atomic E-state index is 2.63. The van der Waals surface area contributed by atoms with E-state index in [2.05, 4.69) is 462 Å². The van der Waals surface area contributed by atoms with E-state index in [1.165, 1.54) is 98.2 Å². The van der Waals surface area contributed by atoms with Crippen LogP contribution in [-0.2, 0) is 0 Å². The minimum Gasteiger partial charge on any atom is -0.331 e. The van der Waals surface area contributed by atoms with Gasteiger partial charge in [-0.3, -0.25) is 0 Å². The number of aromatic nitrogens is 7. The highest BCUT2D eigenvalue weighted by molar-refractivity contribution is 6.27. The lowest BCUT2D eigenvalue weighted by Gasteiger charge is -2.33. The molecular formula is C114H72N8. The number of nitrogens with zero attached hydrogens (tertiary/aromatic N) is 8. The zero-order valence-electron chi connectivity index (χ0n) is 66.1. The molecule has 2 unspecified atom stereocenters. The molecule has 0 amide bonds. The van der Waals surface area contributed by atoms with Gasteiger partial charge in [0.2, 0.25) is 0 Å². The van der Waals surface area contributed by atoms with Gasteiger partial charge in [-0.1, -0.05) is 291 Å². The topological polar surface area (TPSA) is 37.8 Å². The molecule has 1 aliphatic heterocycles. The summed E-state index contributed by atoms with van der Waals surface area (Å²) >= 11 is 0. The van der Waals surface area contributed by atoms with E-state index in [1.54, 1.807) is 0 Å². The number of benzene rings is 18. The zero-order valence-corrected chi connectivity index (χ0v) is 66.1. The fourth-order valence-electron chi connectivity index (χ4n) is 21.8. The van der Waals surface area contributed by atoms with Crippen LogP contribution in [0.25, 0.3) is 210 Å². The Morgan fingerprint density at radius 3 is 0.779 bits per heavy atom. The summed E-state index contributed by atoms with van der Waals surface area (Å²) in [7, 11) is 0. The third-order valence-corrected chi connectivity index (χ3v) is 26.7. The van der Waals surface area contributed by atoms with E-state index in [4.69, 9.17) is 0 Å². The third-order valence-electron chi connectivity index (χ3n) is 26.7. The van der Waals surface area contributed by atoms with E-state index in [0.29, 0.717) is 0 Å². The average Bonchev–Trinajstić information content (AvgIpc) is 1.54. The molecule has 0 N–H and O–H groups in total. The van der Waals surface area contributed by atoms with Crippen LogP contribution in [0.5, 0.6) is 0 Å². The first-order chi connectivity index (χ1) is 60.6. The van der Waals surface area contributed by atoms with Crippen LogP contribution in [0.3, 0.4) is 0 Å². The Kier molecular flexibility index (Phi) is 14.1. The number of rotatable bonds is 10. The molecular weight excluding hydrogens is 1480 g/mol. The zero-order chi connectivity index (χ0) is 79.5. The van der Waals surface area contributed by atoms with Crippen molar-refractivity contribution in [1.82, 2.24) is 32.0 Å². The van der Waals surface area contributed by atoms with Gasteiger partial charge in [-0.2, -0.15) is 0 Å². The van der Waals surface area contributed by atoms with Crippen LogP contribution in [0.15, 0.2) is 419 Å². The Bertz CT molecular complexity index is 8510. The van der Waals surface area contributed by atoms with Crippen LogP contribution < -0.4 is 4.90 Å². The molecule has 0 saturated heterocycles. The molecule has 27 rings (SSSR count). The molecule has 8 heterocycles. The van der Waals surface area contributed by atoms with Crippen molar-refractivity contribution in [1.29, 1.82) is 0 Å². The number of anilines is 2. The monoisotopic (exact) mass is 1550 g/mol. The summed E-state index contributed by atoms with van der Waals surface area (Å²) in [4.78, 5) is 2.62. The lowest BCUT2D eigenvalue weighted by atomic mass is 9.86. The molecule has 0 spiro atoms. The van der Waals surface area contributed by atoms with E-state index in [9.17, 15) is 0 Å². The van der Waals surface area contributed by atoms with Crippen molar-refractivity contribution in [3.8, 4) is 62.1 Å². The number of fused-ring (bicyclic) bond motifs is 28. The van der Waals surface area contributed by atoms with Crippen LogP contribution in [0, 0.1) is 0 Å². The predicted molar refractivity (Wildman–Crippen MR) is 510 cm³/mol. The van der Waals surface area contributed by atoms with Gasteiger partial charge in [0.25, 0.3) is 0 Å². The molecule has 2 aliphatic rings. The minimum absolute atomic E-state index is 0.0752. The summed E-state index contributed by atoms with van der Waals surface area (Å²) in [6, 6.07) is 154. The minimum atomic E-state index is -0.0752. The van der Waals surface area contributed by atoms with Crippen LogP contribution in [0.2, 0.25) is 0 Å². The van der Waals surface area contributed by atoms with E-state index in [-0.39, 0.29) is 12.0 Å². The normalized spacial score (nSPS) is 14.0. The fourth-order valence-corrected chi connectivity index (χ4v) is 21.8. The van der Waals surface area contributed by atoms with Crippen molar-refractivity contribution in [3.05, 3.63) is 435 Å². The lowest BCUT2D eigenvalue weighted by molar-refractivity contribution is 0.636. The van der Waals surface area contributed by atoms with Gasteiger partial charge in [0.15, 0.2) is 0 Å². The first kappa shape index (κ1) is 66.9. The summed E-state index contributed by atoms with van der Waals surface area (Å²) in [5.74, 6) is 0.0791. The van der Waals surface area contributed by atoms with Gasteiger partial charge < -0.3 is 36.9 Å². The highest BCUT2D eigenvalue weighted by Gasteiger charge is 2.44. The van der Waals surface area contributed by atoms with Crippen molar-refractivity contribution in [2.75, 3.05) is 4.90 Å². The molecule has 7 aromatic heterocycles. The van der Waals surface area contributed by atoms with Crippen LogP contribution in [-0.4, -0.2) is 32.0 Å². The Morgan fingerprint density at radius 2 is 0.443 bits per heavy atom. The molecule has 122 heavy (non-hydrogen) atoms. The van der Waals surface area contributed by atoms with Gasteiger partial charge in [0, 0.05) is 133 Å². The summed E-state index contributed by atoms with van der Waals surface area (Å²) in [6.07, 6.45) is 4.90.